The van der Waals surface area contributed by atoms with Gasteiger partial charge in [-0.2, -0.15) is 13.2 Å². The van der Waals surface area contributed by atoms with E-state index in [9.17, 15) is 18.0 Å². The quantitative estimate of drug-likeness (QED) is 0.480. The van der Waals surface area contributed by atoms with E-state index in [1.807, 2.05) is 6.92 Å². The summed E-state index contributed by atoms with van der Waals surface area (Å²) in [4.78, 5) is 33.3. The Bertz CT molecular complexity index is 1270. The van der Waals surface area contributed by atoms with Gasteiger partial charge in [0.05, 0.1) is 39.8 Å². The van der Waals surface area contributed by atoms with Crippen LogP contribution in [0.25, 0.3) is 11.4 Å². The third-order valence-electron chi connectivity index (χ3n) is 6.63. The Morgan fingerprint density at radius 1 is 1.18 bits per heavy atom. The van der Waals surface area contributed by atoms with Crippen molar-refractivity contribution >= 4 is 17.5 Å². The minimum Gasteiger partial charge on any atom is -0.326 e. The first-order chi connectivity index (χ1) is 16.2. The van der Waals surface area contributed by atoms with Crippen molar-refractivity contribution < 1.29 is 18.0 Å². The van der Waals surface area contributed by atoms with Crippen molar-refractivity contribution in [2.45, 2.75) is 51.4 Å². The molecule has 6 nitrogen and oxygen atoms in total. The molecule has 10 heteroatoms. The van der Waals surface area contributed by atoms with E-state index in [1.54, 1.807) is 30.4 Å². The molecule has 1 fully saturated rings. The smallest absolute Gasteiger partial charge is 0.326 e. The zero-order chi connectivity index (χ0) is 24.2. The van der Waals surface area contributed by atoms with Gasteiger partial charge < -0.3 is 4.90 Å². The molecule has 0 spiro atoms. The number of alkyl halides is 3. The largest absolute Gasteiger partial charge is 0.417 e. The van der Waals surface area contributed by atoms with Gasteiger partial charge >= 0.3 is 6.18 Å². The van der Waals surface area contributed by atoms with E-state index < -0.39 is 28.7 Å². The highest BCUT2D eigenvalue weighted by Crippen LogP contribution is 2.47. The second kappa shape index (κ2) is 8.30. The van der Waals surface area contributed by atoms with Crippen molar-refractivity contribution in [2.75, 3.05) is 0 Å². The molecule has 3 aromatic rings. The lowest BCUT2D eigenvalue weighted by Crippen LogP contribution is -2.53. The number of carbonyl (C=O) groups is 1. The average Bonchev–Trinajstić information content (AvgIpc) is 2.80. The Kier molecular flexibility index (Phi) is 5.55. The normalized spacial score (nSPS) is 21.8. The lowest BCUT2D eigenvalue weighted by Gasteiger charge is -2.49. The summed E-state index contributed by atoms with van der Waals surface area (Å²) in [6.45, 7) is 3.80. The molecule has 2 aliphatic rings. The zero-order valence-electron chi connectivity index (χ0n) is 18.5. The second-order valence-corrected chi connectivity index (χ2v) is 9.19. The lowest BCUT2D eigenvalue weighted by atomic mass is 9.76. The Morgan fingerprint density at radius 3 is 2.68 bits per heavy atom. The van der Waals surface area contributed by atoms with Crippen molar-refractivity contribution in [3.8, 4) is 11.4 Å². The minimum absolute atomic E-state index is 0.0489. The van der Waals surface area contributed by atoms with Crippen LogP contribution < -0.4 is 0 Å². The number of aromatic nitrogens is 4. The van der Waals surface area contributed by atoms with Crippen LogP contribution in [0.3, 0.4) is 0 Å². The van der Waals surface area contributed by atoms with Crippen LogP contribution in [0.2, 0.25) is 5.02 Å². The summed E-state index contributed by atoms with van der Waals surface area (Å²) in [7, 11) is 0. The Balaban J connectivity index is 1.64. The summed E-state index contributed by atoms with van der Waals surface area (Å²) in [5.74, 6) is 0.0635. The molecule has 0 saturated carbocycles. The molecular weight excluding hydrogens is 467 g/mol. The molecule has 176 valence electrons. The van der Waals surface area contributed by atoms with Crippen LogP contribution in [0.5, 0.6) is 0 Å². The molecule has 0 N–H and O–H groups in total. The fraction of sp³-hybridized carbons (Fsp3) is 0.375. The number of hydrogen-bond acceptors (Lipinski definition) is 5. The molecule has 1 aromatic carbocycles. The standard InChI is InChI=1S/C24H21ClF3N5O/c1-12-6-7-14-10-16-20(18-11-29-8-9-30-18)31-13(2)32-21(16)22(12)33(14)23(34)15-4-3-5-17(19(15)25)24(26,27)28/h3-5,8-9,11-12,14,22H,6-7,10H2,1-2H3/t12-,14+,22-/m1/s1. The number of halogens is 4. The second-order valence-electron chi connectivity index (χ2n) is 8.81. The first-order valence-electron chi connectivity index (χ1n) is 11.0. The summed E-state index contributed by atoms with van der Waals surface area (Å²) in [5.41, 5.74) is 1.77. The van der Waals surface area contributed by atoms with Crippen molar-refractivity contribution in [3.05, 3.63) is 70.0 Å². The van der Waals surface area contributed by atoms with Gasteiger partial charge in [-0.05, 0) is 44.2 Å². The van der Waals surface area contributed by atoms with E-state index in [0.29, 0.717) is 35.7 Å². The predicted molar refractivity (Wildman–Crippen MR) is 119 cm³/mol. The molecule has 0 aliphatic carbocycles. The van der Waals surface area contributed by atoms with Gasteiger partial charge in [0.1, 0.15) is 11.5 Å². The van der Waals surface area contributed by atoms with Crippen LogP contribution in [0, 0.1) is 12.8 Å². The SMILES string of the molecule is Cc1nc(-c2cnccn2)c2c(n1)[C@H]1[C@H](C)CC[C@@H](C2)N1C(=O)c1cccc(C(F)(F)F)c1Cl. The summed E-state index contributed by atoms with van der Waals surface area (Å²) >= 11 is 6.12. The topological polar surface area (TPSA) is 71.9 Å². The maximum atomic E-state index is 13.7. The number of rotatable bonds is 2. The molecular formula is C24H21ClF3N5O. The maximum Gasteiger partial charge on any atom is 0.417 e. The molecule has 1 amide bonds. The van der Waals surface area contributed by atoms with Gasteiger partial charge in [-0.25, -0.2) is 9.97 Å². The number of aryl methyl sites for hydroxylation is 1. The van der Waals surface area contributed by atoms with Crippen molar-refractivity contribution in [1.82, 2.24) is 24.8 Å². The third kappa shape index (κ3) is 3.72. The van der Waals surface area contributed by atoms with Crippen molar-refractivity contribution in [2.24, 2.45) is 5.92 Å². The van der Waals surface area contributed by atoms with Gasteiger partial charge in [0.2, 0.25) is 0 Å². The Morgan fingerprint density at radius 2 is 1.97 bits per heavy atom. The van der Waals surface area contributed by atoms with Gasteiger partial charge in [0.25, 0.3) is 5.91 Å². The number of piperidine rings is 1. The molecule has 0 unspecified atom stereocenters. The van der Waals surface area contributed by atoms with Crippen LogP contribution >= 0.6 is 11.6 Å². The Hall–Kier alpha value is -3.07. The van der Waals surface area contributed by atoms with Crippen LogP contribution in [0.15, 0.2) is 36.8 Å². The zero-order valence-corrected chi connectivity index (χ0v) is 19.2. The number of hydrogen-bond donors (Lipinski definition) is 0. The van der Waals surface area contributed by atoms with Crippen LogP contribution in [0.4, 0.5) is 13.2 Å². The summed E-state index contributed by atoms with van der Waals surface area (Å²) < 4.78 is 40.3. The molecule has 0 radical (unpaired) electrons. The van der Waals surface area contributed by atoms with Crippen LogP contribution in [0.1, 0.15) is 58.8 Å². The lowest BCUT2D eigenvalue weighted by molar-refractivity contribution is -0.137. The van der Waals surface area contributed by atoms with E-state index in [-0.39, 0.29) is 17.5 Å². The van der Waals surface area contributed by atoms with Gasteiger partial charge in [-0.15, -0.1) is 0 Å². The highest BCUT2D eigenvalue weighted by Gasteiger charge is 2.46. The fourth-order valence-electron chi connectivity index (χ4n) is 5.13. The van der Waals surface area contributed by atoms with E-state index in [4.69, 9.17) is 16.6 Å². The van der Waals surface area contributed by atoms with E-state index in [2.05, 4.69) is 15.0 Å². The van der Waals surface area contributed by atoms with E-state index >= 15 is 0 Å². The number of carbonyl (C=O) groups excluding carboxylic acids is 1. The maximum absolute atomic E-state index is 13.7. The van der Waals surface area contributed by atoms with Crippen molar-refractivity contribution in [3.63, 3.8) is 0 Å². The van der Waals surface area contributed by atoms with Gasteiger partial charge in [-0.3, -0.25) is 14.8 Å². The Labute approximate surface area is 199 Å². The predicted octanol–water partition coefficient (Wildman–Crippen LogP) is 5.45. The highest BCUT2D eigenvalue weighted by molar-refractivity contribution is 6.34. The van der Waals surface area contributed by atoms with Gasteiger partial charge in [0.15, 0.2) is 0 Å². The number of nitrogens with zero attached hydrogens (tertiary/aromatic N) is 5. The number of fused-ring (bicyclic) bond motifs is 4. The summed E-state index contributed by atoms with van der Waals surface area (Å²) in [6.07, 6.45) is 2.23. The minimum atomic E-state index is -4.65. The molecule has 2 aromatic heterocycles. The van der Waals surface area contributed by atoms with E-state index in [0.717, 1.165) is 18.1 Å². The van der Waals surface area contributed by atoms with Crippen molar-refractivity contribution in [1.29, 1.82) is 0 Å². The van der Waals surface area contributed by atoms with E-state index in [1.165, 1.54) is 12.1 Å². The van der Waals surface area contributed by atoms with Gasteiger partial charge in [0, 0.05) is 24.0 Å². The summed E-state index contributed by atoms with van der Waals surface area (Å²) in [5, 5.41) is -0.573. The first kappa shape index (κ1) is 22.7. The number of benzene rings is 1. The molecule has 5 rings (SSSR count). The third-order valence-corrected chi connectivity index (χ3v) is 7.04. The number of amides is 1. The molecule has 2 aliphatic heterocycles. The molecule has 4 heterocycles. The molecule has 34 heavy (non-hydrogen) atoms. The average molecular weight is 488 g/mol. The summed E-state index contributed by atoms with van der Waals surface area (Å²) in [6, 6.07) is 2.84. The van der Waals surface area contributed by atoms with Crippen LogP contribution in [-0.2, 0) is 12.6 Å². The molecule has 3 atom stereocenters. The fourth-order valence-corrected chi connectivity index (χ4v) is 5.45. The molecule has 2 bridgehead atoms. The first-order valence-corrected chi connectivity index (χ1v) is 11.4. The highest BCUT2D eigenvalue weighted by atomic mass is 35.5. The van der Waals surface area contributed by atoms with Gasteiger partial charge in [-0.1, -0.05) is 24.6 Å². The van der Waals surface area contributed by atoms with Crippen LogP contribution in [-0.4, -0.2) is 36.8 Å². The molecule has 1 saturated heterocycles. The monoisotopic (exact) mass is 487 g/mol.